The molecule has 80 valence electrons. The molecule has 15 heavy (non-hydrogen) atoms. The van der Waals surface area contributed by atoms with Gasteiger partial charge in [-0.2, -0.15) is 0 Å². The van der Waals surface area contributed by atoms with Crippen molar-refractivity contribution in [3.8, 4) is 11.5 Å². The Hall–Kier alpha value is -0.960. The molecule has 0 spiro atoms. The van der Waals surface area contributed by atoms with E-state index < -0.39 is 0 Å². The fourth-order valence-corrected chi connectivity index (χ4v) is 2.41. The number of ether oxygens (including phenoxy) is 2. The first-order chi connectivity index (χ1) is 7.26. The van der Waals surface area contributed by atoms with E-state index >= 15 is 0 Å². The van der Waals surface area contributed by atoms with Crippen molar-refractivity contribution in [3.05, 3.63) is 29.3 Å². The number of fused-ring (bicyclic) bond motifs is 1. The molecule has 0 saturated heterocycles. The van der Waals surface area contributed by atoms with Gasteiger partial charge in [-0.05, 0) is 36.1 Å². The number of methoxy groups -OCH3 is 2. The minimum Gasteiger partial charge on any atom is -0.493 e. The third-order valence-electron chi connectivity index (χ3n) is 2.60. The van der Waals surface area contributed by atoms with Crippen molar-refractivity contribution in [3.63, 3.8) is 0 Å². The Morgan fingerprint density at radius 3 is 2.47 bits per heavy atom. The summed E-state index contributed by atoms with van der Waals surface area (Å²) in [4.78, 5) is 0. The maximum atomic E-state index is 5.28. The molecule has 0 heterocycles. The van der Waals surface area contributed by atoms with Gasteiger partial charge in [-0.1, -0.05) is 22.0 Å². The van der Waals surface area contributed by atoms with E-state index in [-0.39, 0.29) is 0 Å². The van der Waals surface area contributed by atoms with Gasteiger partial charge < -0.3 is 9.47 Å². The lowest BCUT2D eigenvalue weighted by Gasteiger charge is -2.17. The van der Waals surface area contributed by atoms with Crippen LogP contribution in [0, 0.1) is 0 Å². The van der Waals surface area contributed by atoms with E-state index in [2.05, 4.69) is 28.1 Å². The van der Waals surface area contributed by atoms with Crippen LogP contribution < -0.4 is 9.47 Å². The lowest BCUT2D eigenvalue weighted by molar-refractivity contribution is 0.354. The summed E-state index contributed by atoms with van der Waals surface area (Å²) in [5, 5.41) is 0. The van der Waals surface area contributed by atoms with Crippen LogP contribution in [-0.4, -0.2) is 14.2 Å². The average molecular weight is 269 g/mol. The molecule has 0 bridgehead atoms. The van der Waals surface area contributed by atoms with E-state index in [1.54, 1.807) is 14.2 Å². The van der Waals surface area contributed by atoms with E-state index in [1.807, 2.05) is 6.07 Å². The Labute approximate surface area is 98.0 Å². The second kappa shape index (κ2) is 4.27. The molecule has 3 heteroatoms. The lowest BCUT2D eigenvalue weighted by atomic mass is 9.97. The van der Waals surface area contributed by atoms with Crippen LogP contribution in [0.3, 0.4) is 0 Å². The Morgan fingerprint density at radius 2 is 1.80 bits per heavy atom. The summed E-state index contributed by atoms with van der Waals surface area (Å²) in [5.41, 5.74) is 2.51. The minimum atomic E-state index is 0.781. The molecular weight excluding hydrogens is 256 g/mol. The highest BCUT2D eigenvalue weighted by atomic mass is 79.9. The molecule has 1 aromatic carbocycles. The third kappa shape index (κ3) is 1.88. The number of benzene rings is 1. The first kappa shape index (κ1) is 10.6. The smallest absolute Gasteiger partial charge is 0.161 e. The van der Waals surface area contributed by atoms with Gasteiger partial charge in [0.2, 0.25) is 0 Å². The number of rotatable bonds is 2. The fraction of sp³-hybridized carbons (Fsp3) is 0.333. The zero-order valence-electron chi connectivity index (χ0n) is 8.84. The van der Waals surface area contributed by atoms with Gasteiger partial charge in [0, 0.05) is 4.48 Å². The molecule has 0 amide bonds. The topological polar surface area (TPSA) is 18.5 Å². The van der Waals surface area contributed by atoms with Crippen LogP contribution in [0.15, 0.2) is 18.2 Å². The molecule has 1 aliphatic rings. The number of hydrogen-bond donors (Lipinski definition) is 0. The Morgan fingerprint density at radius 1 is 1.13 bits per heavy atom. The van der Waals surface area contributed by atoms with E-state index in [9.17, 15) is 0 Å². The zero-order valence-corrected chi connectivity index (χ0v) is 10.4. The predicted molar refractivity (Wildman–Crippen MR) is 64.8 cm³/mol. The predicted octanol–water partition coefficient (Wildman–Crippen LogP) is 3.39. The number of allylic oxidation sites excluding steroid dienone is 1. The summed E-state index contributed by atoms with van der Waals surface area (Å²) in [6.45, 7) is 0. The summed E-state index contributed by atoms with van der Waals surface area (Å²) in [7, 11) is 3.32. The van der Waals surface area contributed by atoms with E-state index in [1.165, 1.54) is 11.1 Å². The molecule has 1 aliphatic carbocycles. The van der Waals surface area contributed by atoms with Crippen molar-refractivity contribution in [1.29, 1.82) is 0 Å². The standard InChI is InChI=1S/C12H13BrO2/c1-14-11-6-8-4-3-5-10(13)9(8)7-12(11)15-2/h5-7H,3-4H2,1-2H3. The molecule has 0 radical (unpaired) electrons. The lowest BCUT2D eigenvalue weighted by Crippen LogP contribution is -2.00. The van der Waals surface area contributed by atoms with E-state index in [0.717, 1.165) is 28.8 Å². The highest BCUT2D eigenvalue weighted by Crippen LogP contribution is 2.38. The average Bonchev–Trinajstić information content (AvgIpc) is 2.28. The maximum absolute atomic E-state index is 5.28. The van der Waals surface area contributed by atoms with Crippen molar-refractivity contribution < 1.29 is 9.47 Å². The van der Waals surface area contributed by atoms with Gasteiger partial charge in [0.25, 0.3) is 0 Å². The molecule has 0 N–H and O–H groups in total. The van der Waals surface area contributed by atoms with Gasteiger partial charge in [-0.25, -0.2) is 0 Å². The molecule has 0 unspecified atom stereocenters. The molecule has 2 rings (SSSR count). The summed E-state index contributed by atoms with van der Waals surface area (Å²) in [6.07, 6.45) is 4.32. The largest absolute Gasteiger partial charge is 0.493 e. The third-order valence-corrected chi connectivity index (χ3v) is 3.35. The second-order valence-corrected chi connectivity index (χ2v) is 4.31. The van der Waals surface area contributed by atoms with Crippen molar-refractivity contribution >= 4 is 20.4 Å². The first-order valence-electron chi connectivity index (χ1n) is 4.87. The zero-order chi connectivity index (χ0) is 10.8. The molecule has 0 atom stereocenters. The summed E-state index contributed by atoms with van der Waals surface area (Å²) in [6, 6.07) is 4.08. The number of hydrogen-bond acceptors (Lipinski definition) is 2. The highest BCUT2D eigenvalue weighted by Gasteiger charge is 2.15. The summed E-state index contributed by atoms with van der Waals surface area (Å²) < 4.78 is 11.7. The van der Waals surface area contributed by atoms with E-state index in [0.29, 0.717) is 0 Å². The Balaban J connectivity index is 2.55. The minimum absolute atomic E-state index is 0.781. The van der Waals surface area contributed by atoms with Gasteiger partial charge in [0.1, 0.15) is 0 Å². The van der Waals surface area contributed by atoms with Crippen LogP contribution in [0.5, 0.6) is 11.5 Å². The van der Waals surface area contributed by atoms with E-state index in [4.69, 9.17) is 9.47 Å². The van der Waals surface area contributed by atoms with Crippen molar-refractivity contribution in [1.82, 2.24) is 0 Å². The molecule has 0 fully saturated rings. The Bertz CT molecular complexity index is 410. The van der Waals surface area contributed by atoms with Gasteiger partial charge in [-0.3, -0.25) is 0 Å². The molecule has 0 aromatic heterocycles. The van der Waals surface area contributed by atoms with Gasteiger partial charge in [0.05, 0.1) is 14.2 Å². The van der Waals surface area contributed by atoms with Crippen LogP contribution in [0.2, 0.25) is 0 Å². The highest BCUT2D eigenvalue weighted by molar-refractivity contribution is 9.15. The van der Waals surface area contributed by atoms with Gasteiger partial charge >= 0.3 is 0 Å². The van der Waals surface area contributed by atoms with Crippen LogP contribution in [0.1, 0.15) is 17.5 Å². The molecule has 0 saturated carbocycles. The fourth-order valence-electron chi connectivity index (χ4n) is 1.81. The van der Waals surface area contributed by atoms with Crippen molar-refractivity contribution in [2.45, 2.75) is 12.8 Å². The summed E-state index contributed by atoms with van der Waals surface area (Å²) >= 11 is 3.56. The molecular formula is C12H13BrO2. The first-order valence-corrected chi connectivity index (χ1v) is 5.66. The summed E-state index contributed by atoms with van der Waals surface area (Å²) in [5.74, 6) is 1.59. The molecule has 1 aromatic rings. The van der Waals surface area contributed by atoms with Gasteiger partial charge in [-0.15, -0.1) is 0 Å². The quantitative estimate of drug-likeness (QED) is 0.819. The molecule has 2 nitrogen and oxygen atoms in total. The van der Waals surface area contributed by atoms with Crippen LogP contribution in [0.25, 0.3) is 4.48 Å². The Kier molecular flexibility index (Phi) is 3.00. The number of aryl methyl sites for hydroxylation is 1. The maximum Gasteiger partial charge on any atom is 0.161 e. The normalized spacial score (nSPS) is 14.2. The van der Waals surface area contributed by atoms with Crippen LogP contribution in [0.4, 0.5) is 0 Å². The molecule has 0 aliphatic heterocycles. The number of halogens is 1. The van der Waals surface area contributed by atoms with Crippen molar-refractivity contribution in [2.75, 3.05) is 14.2 Å². The van der Waals surface area contributed by atoms with Gasteiger partial charge in [0.15, 0.2) is 11.5 Å². The second-order valence-electron chi connectivity index (χ2n) is 3.46. The van der Waals surface area contributed by atoms with Crippen LogP contribution >= 0.6 is 15.9 Å². The van der Waals surface area contributed by atoms with Crippen molar-refractivity contribution in [2.24, 2.45) is 0 Å². The van der Waals surface area contributed by atoms with Crippen LogP contribution in [-0.2, 0) is 6.42 Å². The monoisotopic (exact) mass is 268 g/mol. The SMILES string of the molecule is COc1cc2c(cc1OC)C(Br)=CCC2.